The monoisotopic (exact) mass is 606 g/mol. The molecule has 4 aromatic rings. The number of nitrogens with one attached hydrogen (secondary N) is 1. The Bertz CT molecular complexity index is 1640. The zero-order chi connectivity index (χ0) is 29.8. The molecular weight excluding hydrogens is 578 g/mol. The van der Waals surface area contributed by atoms with Gasteiger partial charge >= 0.3 is 5.97 Å². The number of aromatic nitrogens is 2. The second kappa shape index (κ2) is 12.9. The number of amides is 1. The van der Waals surface area contributed by atoms with E-state index < -0.39 is 0 Å². The van der Waals surface area contributed by atoms with E-state index in [-0.39, 0.29) is 49.1 Å². The summed E-state index contributed by atoms with van der Waals surface area (Å²) in [4.78, 5) is 28.2. The van der Waals surface area contributed by atoms with Gasteiger partial charge in [-0.1, -0.05) is 65.7 Å². The Morgan fingerprint density at radius 3 is 2.50 bits per heavy atom. The molecule has 1 aliphatic rings. The summed E-state index contributed by atoms with van der Waals surface area (Å²) in [6.45, 7) is 4.54. The van der Waals surface area contributed by atoms with Gasteiger partial charge in [0.1, 0.15) is 5.82 Å². The van der Waals surface area contributed by atoms with Gasteiger partial charge in [-0.2, -0.15) is 5.10 Å². The zero-order valence-electron chi connectivity index (χ0n) is 23.1. The largest absolute Gasteiger partial charge is 0.465 e. The molecule has 1 aromatic heterocycles. The van der Waals surface area contributed by atoms with Crippen LogP contribution in [0.3, 0.4) is 0 Å². The van der Waals surface area contributed by atoms with Crippen LogP contribution in [0.15, 0.2) is 72.8 Å². The van der Waals surface area contributed by atoms with Gasteiger partial charge in [-0.3, -0.25) is 14.5 Å². The molecule has 0 fully saturated rings. The summed E-state index contributed by atoms with van der Waals surface area (Å²) in [5, 5.41) is 8.66. The first-order valence-corrected chi connectivity index (χ1v) is 14.3. The maximum absolute atomic E-state index is 13.8. The van der Waals surface area contributed by atoms with Crippen LogP contribution in [-0.2, 0) is 16.1 Å². The molecule has 2 heterocycles. The maximum atomic E-state index is 13.8. The average Bonchev–Trinajstić information content (AvgIpc) is 3.34. The third-order valence-corrected chi connectivity index (χ3v) is 7.47. The lowest BCUT2D eigenvalue weighted by Crippen LogP contribution is -2.36. The number of halogens is 3. The number of ether oxygens (including phenoxy) is 1. The molecule has 1 aliphatic heterocycles. The van der Waals surface area contributed by atoms with Gasteiger partial charge in [0.25, 0.3) is 5.91 Å². The molecule has 0 radical (unpaired) electrons. The Kier molecular flexibility index (Phi) is 9.06. The SMILES string of the molecule is CCOC(=O)CN1C/C(=C\c2ccc(F)cc2)c2c(c(C(=O)N[C@H](C)c3ccccc3)nn2-c2ccc(Cl)cc2Cl)C1. The van der Waals surface area contributed by atoms with Crippen LogP contribution in [0.2, 0.25) is 10.0 Å². The lowest BCUT2D eigenvalue weighted by molar-refractivity contribution is -0.144. The number of carbonyl (C=O) groups excluding carboxylic acids is 2. The third kappa shape index (κ3) is 6.57. The number of rotatable bonds is 8. The van der Waals surface area contributed by atoms with E-state index in [4.69, 9.17) is 33.0 Å². The van der Waals surface area contributed by atoms with Crippen LogP contribution in [0.5, 0.6) is 0 Å². The summed E-state index contributed by atoms with van der Waals surface area (Å²) in [5.74, 6) is -1.10. The Hall–Kier alpha value is -3.98. The smallest absolute Gasteiger partial charge is 0.320 e. The standard InChI is InChI=1S/C32H29Cl2FN4O3/c1-3-42-29(40)19-38-17-23(15-21-9-12-25(35)13-10-21)31-26(18-38)30(32(41)36-20(2)22-7-5-4-6-8-22)37-39(31)28-14-11-24(33)16-27(28)34/h4-16,20H,3,17-19H2,1-2H3,(H,36,41)/b23-15+/t20-/m1/s1. The molecule has 10 heteroatoms. The fourth-order valence-electron chi connectivity index (χ4n) is 5.00. The molecule has 5 rings (SSSR count). The molecule has 3 aromatic carbocycles. The molecule has 0 saturated heterocycles. The van der Waals surface area contributed by atoms with Gasteiger partial charge in [0, 0.05) is 23.7 Å². The summed E-state index contributed by atoms with van der Waals surface area (Å²) in [6.07, 6.45) is 1.89. The number of hydrogen-bond donors (Lipinski definition) is 1. The quantitative estimate of drug-likeness (QED) is 0.225. The average molecular weight is 608 g/mol. The van der Waals surface area contributed by atoms with Crippen LogP contribution in [0.4, 0.5) is 4.39 Å². The summed E-state index contributed by atoms with van der Waals surface area (Å²) in [5.41, 5.74) is 4.49. The lowest BCUT2D eigenvalue weighted by atomic mass is 9.97. The second-order valence-electron chi connectivity index (χ2n) is 9.96. The number of nitrogens with zero attached hydrogens (tertiary/aromatic N) is 3. The minimum Gasteiger partial charge on any atom is -0.465 e. The predicted octanol–water partition coefficient (Wildman–Crippen LogP) is 6.73. The van der Waals surface area contributed by atoms with E-state index in [2.05, 4.69) is 5.32 Å². The number of fused-ring (bicyclic) bond motifs is 1. The first-order chi connectivity index (χ1) is 20.2. The topological polar surface area (TPSA) is 76.5 Å². The maximum Gasteiger partial charge on any atom is 0.320 e. The van der Waals surface area contributed by atoms with Crippen molar-refractivity contribution < 1.29 is 18.7 Å². The molecule has 7 nitrogen and oxygen atoms in total. The van der Waals surface area contributed by atoms with E-state index in [1.54, 1.807) is 41.9 Å². The normalized spacial score (nSPS) is 14.8. The zero-order valence-corrected chi connectivity index (χ0v) is 24.6. The Morgan fingerprint density at radius 2 is 1.81 bits per heavy atom. The molecule has 0 spiro atoms. The molecule has 1 amide bonds. The van der Waals surface area contributed by atoms with Crippen LogP contribution >= 0.6 is 23.2 Å². The fraction of sp³-hybridized carbons (Fsp3) is 0.219. The van der Waals surface area contributed by atoms with Crippen molar-refractivity contribution in [3.8, 4) is 5.69 Å². The molecule has 216 valence electrons. The molecule has 42 heavy (non-hydrogen) atoms. The molecule has 1 atom stereocenters. The molecule has 1 N–H and O–H groups in total. The van der Waals surface area contributed by atoms with Gasteiger partial charge in [-0.05, 0) is 67.0 Å². The van der Waals surface area contributed by atoms with Crippen LogP contribution in [-0.4, -0.2) is 46.3 Å². The molecule has 0 saturated carbocycles. The Morgan fingerprint density at radius 1 is 1.07 bits per heavy atom. The molecular formula is C32H29Cl2FN4O3. The van der Waals surface area contributed by atoms with Crippen molar-refractivity contribution in [2.24, 2.45) is 0 Å². The third-order valence-electron chi connectivity index (χ3n) is 6.93. The van der Waals surface area contributed by atoms with Gasteiger partial charge in [0.2, 0.25) is 0 Å². The van der Waals surface area contributed by atoms with Gasteiger partial charge in [-0.25, -0.2) is 9.07 Å². The van der Waals surface area contributed by atoms with E-state index >= 15 is 0 Å². The first-order valence-electron chi connectivity index (χ1n) is 13.5. The highest BCUT2D eigenvalue weighted by molar-refractivity contribution is 6.35. The molecule has 0 aliphatic carbocycles. The van der Waals surface area contributed by atoms with Gasteiger partial charge in [0.15, 0.2) is 5.69 Å². The highest BCUT2D eigenvalue weighted by atomic mass is 35.5. The highest BCUT2D eigenvalue weighted by Crippen LogP contribution is 2.36. The number of carbonyl (C=O) groups is 2. The minimum absolute atomic E-state index is 0.0163. The molecule has 0 bridgehead atoms. The summed E-state index contributed by atoms with van der Waals surface area (Å²) in [6, 6.07) is 20.5. The van der Waals surface area contributed by atoms with Crippen molar-refractivity contribution in [3.63, 3.8) is 0 Å². The van der Waals surface area contributed by atoms with Crippen LogP contribution in [0.25, 0.3) is 17.3 Å². The van der Waals surface area contributed by atoms with Crippen LogP contribution in [0, 0.1) is 5.82 Å². The Labute approximate surface area is 253 Å². The van der Waals surface area contributed by atoms with Crippen molar-refractivity contribution in [3.05, 3.63) is 117 Å². The van der Waals surface area contributed by atoms with E-state index in [1.807, 2.05) is 48.2 Å². The van der Waals surface area contributed by atoms with Crippen molar-refractivity contribution in [1.29, 1.82) is 0 Å². The van der Waals surface area contributed by atoms with E-state index in [9.17, 15) is 14.0 Å². The number of benzene rings is 3. The second-order valence-corrected chi connectivity index (χ2v) is 10.8. The number of hydrogen-bond acceptors (Lipinski definition) is 5. The summed E-state index contributed by atoms with van der Waals surface area (Å²) < 4.78 is 20.6. The van der Waals surface area contributed by atoms with Crippen molar-refractivity contribution in [2.75, 3.05) is 19.7 Å². The van der Waals surface area contributed by atoms with E-state index in [0.29, 0.717) is 33.5 Å². The van der Waals surface area contributed by atoms with Crippen LogP contribution in [0.1, 0.15) is 52.8 Å². The summed E-state index contributed by atoms with van der Waals surface area (Å²) >= 11 is 12.8. The van der Waals surface area contributed by atoms with E-state index in [1.165, 1.54) is 12.1 Å². The minimum atomic E-state index is -0.376. The Balaban J connectivity index is 1.65. The fourth-order valence-corrected chi connectivity index (χ4v) is 5.49. The number of esters is 1. The predicted molar refractivity (Wildman–Crippen MR) is 162 cm³/mol. The van der Waals surface area contributed by atoms with Crippen molar-refractivity contribution >= 4 is 46.7 Å². The highest BCUT2D eigenvalue weighted by Gasteiger charge is 2.33. The van der Waals surface area contributed by atoms with Gasteiger partial charge in [-0.15, -0.1) is 0 Å². The summed E-state index contributed by atoms with van der Waals surface area (Å²) in [7, 11) is 0. The van der Waals surface area contributed by atoms with Crippen molar-refractivity contribution in [2.45, 2.75) is 26.4 Å². The molecule has 0 unspecified atom stereocenters. The van der Waals surface area contributed by atoms with Crippen LogP contribution < -0.4 is 5.32 Å². The van der Waals surface area contributed by atoms with Crippen molar-refractivity contribution in [1.82, 2.24) is 20.0 Å². The van der Waals surface area contributed by atoms with Gasteiger partial charge < -0.3 is 10.1 Å². The van der Waals surface area contributed by atoms with E-state index in [0.717, 1.165) is 16.7 Å². The lowest BCUT2D eigenvalue weighted by Gasteiger charge is -2.29. The first kappa shape index (κ1) is 29.5. The van der Waals surface area contributed by atoms with Gasteiger partial charge in [0.05, 0.1) is 35.6 Å².